The van der Waals surface area contributed by atoms with Gasteiger partial charge in [-0.1, -0.05) is 0 Å². The van der Waals surface area contributed by atoms with Crippen LogP contribution in [0.2, 0.25) is 0 Å². The largest absolute Gasteiger partial charge is 0.404 e. The first-order valence-corrected chi connectivity index (χ1v) is 5.94. The summed E-state index contributed by atoms with van der Waals surface area (Å²) >= 11 is 0. The maximum absolute atomic E-state index is 11.5. The molecule has 0 saturated carbocycles. The smallest absolute Gasteiger partial charge is 0.127 e. The number of nitrogens with two attached hydrogens (primary N) is 1. The van der Waals surface area contributed by atoms with Gasteiger partial charge in [-0.25, -0.2) is 0 Å². The minimum Gasteiger partial charge on any atom is -0.404 e. The van der Waals surface area contributed by atoms with Crippen molar-refractivity contribution in [2.45, 2.75) is 6.92 Å². The van der Waals surface area contributed by atoms with Gasteiger partial charge in [-0.05, 0) is 32.0 Å². The molecule has 0 atom stereocenters. The Labute approximate surface area is 67.8 Å². The first-order valence-electron chi connectivity index (χ1n) is 3.34. The highest BCUT2D eigenvalue weighted by atomic mass is 31.2. The molecule has 3 nitrogen and oxygen atoms in total. The maximum atomic E-state index is 11.5. The Kier molecular flexibility index (Phi) is 3.53. The molecule has 64 valence electrons. The molecule has 11 heavy (non-hydrogen) atoms. The lowest BCUT2D eigenvalue weighted by Gasteiger charge is -2.09. The Hall–Kier alpha value is -0.560. The lowest BCUT2D eigenvalue weighted by Crippen LogP contribution is -2.02. The molecule has 0 aliphatic carbocycles. The first-order chi connectivity index (χ1) is 4.93. The Morgan fingerprint density at radius 1 is 1.55 bits per heavy atom. The third-order valence-corrected chi connectivity index (χ3v) is 2.90. The Bertz CT molecular complexity index is 237. The van der Waals surface area contributed by atoms with Crippen LogP contribution in [0, 0.1) is 0 Å². The van der Waals surface area contributed by atoms with Crippen molar-refractivity contribution in [3.8, 4) is 0 Å². The Morgan fingerprint density at radius 2 is 2.00 bits per heavy atom. The summed E-state index contributed by atoms with van der Waals surface area (Å²) in [5, 5.41) is 0. The van der Waals surface area contributed by atoms with Crippen LogP contribution in [0.25, 0.3) is 0 Å². The molecule has 0 aromatic rings. The molecule has 0 rings (SSSR count). The molecule has 4 heteroatoms. The molecule has 0 fully saturated rings. The van der Waals surface area contributed by atoms with Crippen molar-refractivity contribution in [3.05, 3.63) is 11.8 Å². The lowest BCUT2D eigenvalue weighted by molar-refractivity contribution is 0.589. The van der Waals surface area contributed by atoms with Crippen LogP contribution < -0.4 is 5.73 Å². The molecule has 0 heterocycles. The second-order valence-electron chi connectivity index (χ2n) is 2.75. The zero-order valence-corrected chi connectivity index (χ0v) is 8.35. The van der Waals surface area contributed by atoms with Crippen LogP contribution in [-0.2, 0) is 4.57 Å². The molecule has 0 aromatic heterocycles. The van der Waals surface area contributed by atoms with Crippen molar-refractivity contribution in [2.24, 2.45) is 10.7 Å². The van der Waals surface area contributed by atoms with Crippen molar-refractivity contribution in [1.29, 1.82) is 0 Å². The van der Waals surface area contributed by atoms with Gasteiger partial charge in [0.25, 0.3) is 0 Å². The summed E-state index contributed by atoms with van der Waals surface area (Å²) < 4.78 is 11.5. The van der Waals surface area contributed by atoms with E-state index in [1.54, 1.807) is 20.4 Å². The summed E-state index contributed by atoms with van der Waals surface area (Å²) in [6.45, 7) is 5.17. The SMILES string of the molecule is CN=C(C(C)=CN)P(C)(C)=O. The van der Waals surface area contributed by atoms with Gasteiger partial charge in [-0.2, -0.15) is 0 Å². The van der Waals surface area contributed by atoms with Gasteiger partial charge in [-0.15, -0.1) is 0 Å². The standard InChI is InChI=1S/C7H15N2OP/c1-6(5-8)7(9-2)11(3,4)10/h5H,8H2,1-4H3. The number of hydrogen-bond acceptors (Lipinski definition) is 3. The van der Waals surface area contributed by atoms with Gasteiger partial charge in [-0.3, -0.25) is 4.99 Å². The van der Waals surface area contributed by atoms with Crippen LogP contribution in [-0.4, -0.2) is 25.8 Å². The third-order valence-electron chi connectivity index (χ3n) is 1.32. The van der Waals surface area contributed by atoms with Gasteiger partial charge in [0.15, 0.2) is 0 Å². The molecular weight excluding hydrogens is 159 g/mol. The van der Waals surface area contributed by atoms with E-state index in [1.165, 1.54) is 6.20 Å². The summed E-state index contributed by atoms with van der Waals surface area (Å²) in [6, 6.07) is 0. The minimum atomic E-state index is -2.25. The summed E-state index contributed by atoms with van der Waals surface area (Å²) in [5.74, 6) is 0. The molecule has 0 bridgehead atoms. The van der Waals surface area contributed by atoms with Crippen LogP contribution in [0.3, 0.4) is 0 Å². The van der Waals surface area contributed by atoms with E-state index in [1.807, 2.05) is 6.92 Å². The molecule has 0 unspecified atom stereocenters. The number of rotatable bonds is 2. The number of allylic oxidation sites excluding steroid dienone is 1. The first kappa shape index (κ1) is 10.4. The van der Waals surface area contributed by atoms with Crippen LogP contribution in [0.1, 0.15) is 6.92 Å². The fraction of sp³-hybridized carbons (Fsp3) is 0.571. The summed E-state index contributed by atoms with van der Waals surface area (Å²) in [4.78, 5) is 3.94. The van der Waals surface area contributed by atoms with Crippen LogP contribution in [0.15, 0.2) is 16.8 Å². The topological polar surface area (TPSA) is 55.4 Å². The summed E-state index contributed by atoms with van der Waals surface area (Å²) in [7, 11) is -0.620. The molecule has 0 amide bonds. The molecular formula is C7H15N2OP. The average molecular weight is 174 g/mol. The number of aliphatic imine (C=N–C) groups is 1. The zero-order valence-electron chi connectivity index (χ0n) is 7.46. The highest BCUT2D eigenvalue weighted by Crippen LogP contribution is 2.40. The number of nitrogens with zero attached hydrogens (tertiary/aromatic N) is 1. The lowest BCUT2D eigenvalue weighted by atomic mass is 10.4. The van der Waals surface area contributed by atoms with Gasteiger partial charge in [0, 0.05) is 7.05 Å². The summed E-state index contributed by atoms with van der Waals surface area (Å²) in [6.07, 6.45) is 1.43. The van der Waals surface area contributed by atoms with Crippen LogP contribution in [0.4, 0.5) is 0 Å². The van der Waals surface area contributed by atoms with Gasteiger partial charge >= 0.3 is 0 Å². The maximum Gasteiger partial charge on any atom is 0.127 e. The highest BCUT2D eigenvalue weighted by Gasteiger charge is 2.16. The van der Waals surface area contributed by atoms with Gasteiger partial charge in [0.05, 0.1) is 5.45 Å². The Balaban J connectivity index is 4.89. The third kappa shape index (κ3) is 2.89. The molecule has 0 aliphatic rings. The second kappa shape index (κ2) is 3.72. The van der Waals surface area contributed by atoms with Gasteiger partial charge < -0.3 is 10.3 Å². The fourth-order valence-corrected chi connectivity index (χ4v) is 2.32. The van der Waals surface area contributed by atoms with E-state index in [-0.39, 0.29) is 0 Å². The molecule has 2 N–H and O–H groups in total. The van der Waals surface area contributed by atoms with Crippen molar-refractivity contribution in [3.63, 3.8) is 0 Å². The predicted octanol–water partition coefficient (Wildman–Crippen LogP) is 1.50. The van der Waals surface area contributed by atoms with E-state index in [9.17, 15) is 4.57 Å². The van der Waals surface area contributed by atoms with E-state index in [4.69, 9.17) is 5.73 Å². The minimum absolute atomic E-state index is 0.625. The van der Waals surface area contributed by atoms with E-state index in [0.717, 1.165) is 5.57 Å². The quantitative estimate of drug-likeness (QED) is 0.509. The monoisotopic (exact) mass is 174 g/mol. The van der Waals surface area contributed by atoms with Crippen molar-refractivity contribution < 1.29 is 4.57 Å². The predicted molar refractivity (Wildman–Crippen MR) is 50.8 cm³/mol. The number of hydrogen-bond donors (Lipinski definition) is 1. The summed E-state index contributed by atoms with van der Waals surface area (Å²) in [5.41, 5.74) is 6.70. The van der Waals surface area contributed by atoms with E-state index < -0.39 is 7.14 Å². The van der Waals surface area contributed by atoms with Crippen LogP contribution in [0.5, 0.6) is 0 Å². The molecule has 0 aliphatic heterocycles. The molecule has 0 radical (unpaired) electrons. The Morgan fingerprint density at radius 3 is 2.09 bits per heavy atom. The van der Waals surface area contributed by atoms with Crippen molar-refractivity contribution in [2.75, 3.05) is 20.4 Å². The zero-order chi connectivity index (χ0) is 9.07. The van der Waals surface area contributed by atoms with Crippen molar-refractivity contribution in [1.82, 2.24) is 0 Å². The van der Waals surface area contributed by atoms with Crippen molar-refractivity contribution >= 4 is 12.6 Å². The molecule has 0 spiro atoms. The highest BCUT2D eigenvalue weighted by molar-refractivity contribution is 7.80. The van der Waals surface area contributed by atoms with E-state index >= 15 is 0 Å². The second-order valence-corrected chi connectivity index (χ2v) is 5.87. The normalized spacial score (nSPS) is 15.3. The van der Waals surface area contributed by atoms with Gasteiger partial charge in [0.1, 0.15) is 7.14 Å². The van der Waals surface area contributed by atoms with E-state index in [2.05, 4.69) is 4.99 Å². The molecule has 0 aromatic carbocycles. The molecule has 0 saturated heterocycles. The van der Waals surface area contributed by atoms with E-state index in [0.29, 0.717) is 5.45 Å². The van der Waals surface area contributed by atoms with Gasteiger partial charge in [0.2, 0.25) is 0 Å². The average Bonchev–Trinajstić information content (AvgIpc) is 1.86. The fourth-order valence-electron chi connectivity index (χ4n) is 0.916. The van der Waals surface area contributed by atoms with Crippen LogP contribution >= 0.6 is 7.14 Å².